The molecule has 1 aliphatic heterocycles. The molecule has 1 aromatic carbocycles. The lowest BCUT2D eigenvalue weighted by molar-refractivity contribution is -0.140. The number of sulfonamides is 1. The van der Waals surface area contributed by atoms with E-state index in [9.17, 15) is 40.8 Å². The number of halogens is 3. The van der Waals surface area contributed by atoms with Gasteiger partial charge in [-0.1, -0.05) is 12.2 Å². The standard InChI is InChI=1S/C32H37F3N6O7S/c1-40-13-5-3-2-4-7-20-18-31(20,29(44)39-49(46,47)22-9-10-22)38-27(42)23-16-21(17-24(23)28(40)43)48-30(45)37-25-15-19(32(33,34)35)8-11-26(25)41-14-6-12-36-41/h4,6-8,11-12,14-15,20-24H,2-3,5,9-10,13,16-18H2,1H3,(H,37,45)(H,38,42)(H,39,44)/b7-4-/t20-,21-,23-,24-,31-/m1/s1. The number of benzene rings is 1. The summed E-state index contributed by atoms with van der Waals surface area (Å²) in [4.78, 5) is 55.6. The van der Waals surface area contributed by atoms with Crippen molar-refractivity contribution in [1.82, 2.24) is 24.7 Å². The number of alkyl halides is 3. The van der Waals surface area contributed by atoms with Crippen molar-refractivity contribution in [3.63, 3.8) is 0 Å². The van der Waals surface area contributed by atoms with Crippen molar-refractivity contribution in [3.8, 4) is 5.69 Å². The number of amides is 4. The molecule has 3 fully saturated rings. The number of nitrogens with zero attached hydrogens (tertiary/aromatic N) is 3. The van der Waals surface area contributed by atoms with Crippen molar-refractivity contribution in [2.24, 2.45) is 17.8 Å². The molecule has 6 rings (SSSR count). The molecule has 4 aliphatic rings. The maximum atomic E-state index is 13.9. The summed E-state index contributed by atoms with van der Waals surface area (Å²) in [5, 5.41) is 8.49. The minimum atomic E-state index is -4.69. The normalized spacial score (nSPS) is 28.4. The van der Waals surface area contributed by atoms with Gasteiger partial charge in [-0.2, -0.15) is 18.3 Å². The second-order valence-electron chi connectivity index (χ2n) is 13.1. The Balaban J connectivity index is 1.22. The van der Waals surface area contributed by atoms with E-state index in [4.69, 9.17) is 4.74 Å². The van der Waals surface area contributed by atoms with E-state index in [0.29, 0.717) is 32.2 Å². The largest absolute Gasteiger partial charge is 0.446 e. The lowest BCUT2D eigenvalue weighted by atomic mass is 9.93. The van der Waals surface area contributed by atoms with Gasteiger partial charge in [0, 0.05) is 31.9 Å². The van der Waals surface area contributed by atoms with Crippen LogP contribution in [-0.2, 0) is 35.3 Å². The van der Waals surface area contributed by atoms with Crippen LogP contribution in [0.4, 0.5) is 23.7 Å². The van der Waals surface area contributed by atoms with Crippen molar-refractivity contribution in [1.29, 1.82) is 0 Å². The zero-order valence-corrected chi connectivity index (χ0v) is 27.4. The van der Waals surface area contributed by atoms with E-state index in [0.717, 1.165) is 24.6 Å². The van der Waals surface area contributed by atoms with Crippen LogP contribution in [-0.4, -0.2) is 77.4 Å². The molecule has 0 unspecified atom stereocenters. The highest BCUT2D eigenvalue weighted by Gasteiger charge is 2.62. The molecule has 5 atom stereocenters. The van der Waals surface area contributed by atoms with Gasteiger partial charge in [0.25, 0.3) is 5.91 Å². The SMILES string of the molecule is CN1CCCC/C=C\[C@@H]2C[C@@]2(C(=O)NS(=O)(=O)C2CC2)NC(=O)[C@@H]2C[C@@H](OC(=O)Nc3cc(C(F)(F)F)ccc3-n3cccn3)C[C@H]2C1=O. The van der Waals surface area contributed by atoms with Crippen LogP contribution >= 0.6 is 0 Å². The molecule has 2 heterocycles. The summed E-state index contributed by atoms with van der Waals surface area (Å²) in [5.74, 6) is -4.31. The first-order valence-electron chi connectivity index (χ1n) is 16.2. The van der Waals surface area contributed by atoms with Crippen LogP contribution in [0.5, 0.6) is 0 Å². The second-order valence-corrected chi connectivity index (χ2v) is 15.1. The molecule has 3 aliphatic carbocycles. The third-order valence-corrected chi connectivity index (χ3v) is 11.4. The fraction of sp³-hybridized carbons (Fsp3) is 0.531. The van der Waals surface area contributed by atoms with Crippen molar-refractivity contribution < 1.29 is 45.5 Å². The molecule has 17 heteroatoms. The first-order valence-corrected chi connectivity index (χ1v) is 17.7. The highest BCUT2D eigenvalue weighted by atomic mass is 32.2. The Morgan fingerprint density at radius 3 is 2.57 bits per heavy atom. The molecule has 13 nitrogen and oxygen atoms in total. The van der Waals surface area contributed by atoms with E-state index < -0.39 is 74.3 Å². The van der Waals surface area contributed by atoms with Gasteiger partial charge in [-0.25, -0.2) is 17.9 Å². The third kappa shape index (κ3) is 7.45. The minimum absolute atomic E-state index is 0.0537. The van der Waals surface area contributed by atoms with Gasteiger partial charge in [0.1, 0.15) is 11.6 Å². The van der Waals surface area contributed by atoms with Crippen LogP contribution in [0, 0.1) is 17.8 Å². The Bertz CT molecular complexity index is 1760. The van der Waals surface area contributed by atoms with Crippen LogP contribution in [0.3, 0.4) is 0 Å². The van der Waals surface area contributed by atoms with Crippen LogP contribution in [0.15, 0.2) is 48.8 Å². The summed E-state index contributed by atoms with van der Waals surface area (Å²) in [6.07, 6.45) is 2.79. The fourth-order valence-corrected chi connectivity index (χ4v) is 7.97. The molecular formula is C32H37F3N6O7S. The molecule has 4 amide bonds. The number of nitrogens with one attached hydrogen (secondary N) is 3. The number of hydrogen-bond donors (Lipinski definition) is 3. The van der Waals surface area contributed by atoms with Gasteiger partial charge in [-0.15, -0.1) is 0 Å². The summed E-state index contributed by atoms with van der Waals surface area (Å²) >= 11 is 0. The lowest BCUT2D eigenvalue weighted by Gasteiger charge is -2.26. The van der Waals surface area contributed by atoms with Gasteiger partial charge in [-0.3, -0.25) is 24.4 Å². The van der Waals surface area contributed by atoms with Crippen LogP contribution in [0.25, 0.3) is 5.69 Å². The quantitative estimate of drug-likeness (QED) is 0.384. The van der Waals surface area contributed by atoms with E-state index in [2.05, 4.69) is 20.5 Å². The maximum absolute atomic E-state index is 13.9. The van der Waals surface area contributed by atoms with E-state index in [1.807, 2.05) is 6.08 Å². The van der Waals surface area contributed by atoms with Crippen molar-refractivity contribution in [2.45, 2.75) is 74.4 Å². The number of aromatic nitrogens is 2. The van der Waals surface area contributed by atoms with Gasteiger partial charge in [0.15, 0.2) is 0 Å². The molecule has 264 valence electrons. The van der Waals surface area contributed by atoms with Crippen molar-refractivity contribution in [3.05, 3.63) is 54.4 Å². The van der Waals surface area contributed by atoms with Crippen molar-refractivity contribution >= 4 is 39.5 Å². The third-order valence-electron chi connectivity index (χ3n) is 9.58. The Morgan fingerprint density at radius 1 is 1.12 bits per heavy atom. The number of ether oxygens (including phenoxy) is 1. The van der Waals surface area contributed by atoms with E-state index in [-0.39, 0.29) is 36.5 Å². The molecule has 1 aromatic heterocycles. The number of anilines is 1. The molecule has 0 bridgehead atoms. The first-order chi connectivity index (χ1) is 23.2. The molecule has 3 N–H and O–H groups in total. The molecule has 2 aromatic rings. The maximum Gasteiger partial charge on any atom is 0.416 e. The molecule has 0 radical (unpaired) electrons. The predicted molar refractivity (Wildman–Crippen MR) is 168 cm³/mol. The smallest absolute Gasteiger partial charge is 0.416 e. The van der Waals surface area contributed by atoms with Gasteiger partial charge in [0.2, 0.25) is 21.8 Å². The summed E-state index contributed by atoms with van der Waals surface area (Å²) < 4.78 is 74.8. The summed E-state index contributed by atoms with van der Waals surface area (Å²) in [5.41, 5.74) is -2.62. The second kappa shape index (κ2) is 13.1. The average molecular weight is 707 g/mol. The average Bonchev–Trinajstić information content (AvgIpc) is 3.90. The molecule has 3 saturated carbocycles. The highest BCUT2D eigenvalue weighted by Crippen LogP contribution is 2.47. The van der Waals surface area contributed by atoms with Crippen LogP contribution in [0.2, 0.25) is 0 Å². The number of carbonyl (C=O) groups excluding carboxylic acids is 4. The van der Waals surface area contributed by atoms with E-state index >= 15 is 0 Å². The minimum Gasteiger partial charge on any atom is -0.446 e. The molecule has 49 heavy (non-hydrogen) atoms. The highest BCUT2D eigenvalue weighted by molar-refractivity contribution is 7.91. The van der Waals surface area contributed by atoms with E-state index in [1.165, 1.54) is 22.0 Å². The number of rotatable bonds is 6. The Kier molecular flexibility index (Phi) is 9.23. The molecule has 0 spiro atoms. The van der Waals surface area contributed by atoms with Gasteiger partial charge in [-0.05, 0) is 75.6 Å². The molecular weight excluding hydrogens is 669 g/mol. The van der Waals surface area contributed by atoms with Gasteiger partial charge >= 0.3 is 12.3 Å². The van der Waals surface area contributed by atoms with Crippen LogP contribution in [0.1, 0.15) is 56.9 Å². The fourth-order valence-electron chi connectivity index (χ4n) is 6.61. The Labute approximate surface area is 280 Å². The lowest BCUT2D eigenvalue weighted by Crippen LogP contribution is -2.54. The van der Waals surface area contributed by atoms with Crippen molar-refractivity contribution in [2.75, 3.05) is 18.9 Å². The molecule has 0 saturated heterocycles. The zero-order chi connectivity index (χ0) is 35.1. The predicted octanol–water partition coefficient (Wildman–Crippen LogP) is 3.52. The Morgan fingerprint density at radius 2 is 1.88 bits per heavy atom. The van der Waals surface area contributed by atoms with Crippen LogP contribution < -0.4 is 15.4 Å². The monoisotopic (exact) mass is 706 g/mol. The Hall–Kier alpha value is -4.41. The number of fused-ring (bicyclic) bond motifs is 2. The number of allylic oxidation sites excluding steroid dienone is 1. The summed E-state index contributed by atoms with van der Waals surface area (Å²) in [6.45, 7) is 0.421. The van der Waals surface area contributed by atoms with Gasteiger partial charge < -0.3 is 15.0 Å². The van der Waals surface area contributed by atoms with E-state index in [1.54, 1.807) is 19.2 Å². The first kappa shape index (κ1) is 34.5. The summed E-state index contributed by atoms with van der Waals surface area (Å²) in [7, 11) is -2.29. The topological polar surface area (TPSA) is 169 Å². The number of hydrogen-bond acceptors (Lipinski definition) is 8. The zero-order valence-electron chi connectivity index (χ0n) is 26.6. The summed E-state index contributed by atoms with van der Waals surface area (Å²) in [6, 6.07) is 4.33. The van der Waals surface area contributed by atoms with Gasteiger partial charge in [0.05, 0.1) is 34.0 Å². The number of carbonyl (C=O) groups is 4.